The summed E-state index contributed by atoms with van der Waals surface area (Å²) < 4.78 is 5.06. The molecule has 1 aliphatic rings. The lowest BCUT2D eigenvalue weighted by Gasteiger charge is -2.34. The molecule has 0 aromatic rings. The zero-order chi connectivity index (χ0) is 12.1. The Hall–Kier alpha value is -0.570. The third kappa shape index (κ3) is 3.48. The van der Waals surface area contributed by atoms with Gasteiger partial charge in [0.05, 0.1) is 18.6 Å². The molecule has 0 saturated heterocycles. The number of carbonyl (C=O) groups excluding carboxylic acids is 1. The number of hydrogen-bond donors (Lipinski definition) is 1. The van der Waals surface area contributed by atoms with Crippen molar-refractivity contribution < 1.29 is 14.6 Å². The van der Waals surface area contributed by atoms with E-state index in [2.05, 4.69) is 13.8 Å². The molecule has 0 aromatic heterocycles. The van der Waals surface area contributed by atoms with Crippen LogP contribution in [0.15, 0.2) is 0 Å². The molecule has 1 saturated carbocycles. The summed E-state index contributed by atoms with van der Waals surface area (Å²) in [5.41, 5.74) is 0. The van der Waals surface area contributed by atoms with E-state index in [-0.39, 0.29) is 11.9 Å². The van der Waals surface area contributed by atoms with E-state index in [1.165, 1.54) is 0 Å². The summed E-state index contributed by atoms with van der Waals surface area (Å²) in [5, 5.41) is 9.95. The number of aliphatic hydroxyl groups is 1. The fourth-order valence-corrected chi connectivity index (χ4v) is 2.72. The van der Waals surface area contributed by atoms with E-state index in [0.29, 0.717) is 18.4 Å². The van der Waals surface area contributed by atoms with Gasteiger partial charge in [-0.3, -0.25) is 4.79 Å². The Morgan fingerprint density at radius 2 is 2.12 bits per heavy atom. The second-order valence-electron chi connectivity index (χ2n) is 5.17. The zero-order valence-electron chi connectivity index (χ0n) is 10.6. The molecule has 0 amide bonds. The minimum Gasteiger partial charge on any atom is -0.466 e. The second-order valence-corrected chi connectivity index (χ2v) is 5.17. The van der Waals surface area contributed by atoms with Crippen LogP contribution in [0.4, 0.5) is 0 Å². The van der Waals surface area contributed by atoms with Crippen molar-refractivity contribution in [3.63, 3.8) is 0 Å². The molecule has 1 N–H and O–H groups in total. The summed E-state index contributed by atoms with van der Waals surface area (Å²) in [6.45, 7) is 6.52. The molecule has 3 atom stereocenters. The Bertz CT molecular complexity index is 225. The lowest BCUT2D eigenvalue weighted by Crippen LogP contribution is -2.39. The van der Waals surface area contributed by atoms with E-state index in [0.717, 1.165) is 25.7 Å². The van der Waals surface area contributed by atoms with Crippen LogP contribution in [0.5, 0.6) is 0 Å². The standard InChI is InChI=1S/C13H24O3/c1-4-16-13(15)12-10(8-9(2)3)6-5-7-11(12)14/h9-12,14H,4-8H2,1-3H3/t10-,11-,12+/m1/s1. The second kappa shape index (κ2) is 6.24. The van der Waals surface area contributed by atoms with Gasteiger partial charge in [-0.05, 0) is 38.0 Å². The predicted octanol–water partition coefficient (Wildman–Crippen LogP) is 2.37. The van der Waals surface area contributed by atoms with Gasteiger partial charge in [-0.1, -0.05) is 20.3 Å². The quantitative estimate of drug-likeness (QED) is 0.751. The average Bonchev–Trinajstić information content (AvgIpc) is 2.16. The van der Waals surface area contributed by atoms with Crippen LogP contribution in [0.1, 0.15) is 46.5 Å². The summed E-state index contributed by atoms with van der Waals surface area (Å²) in [5.74, 6) is 0.353. The van der Waals surface area contributed by atoms with Crippen LogP contribution in [0, 0.1) is 17.8 Å². The number of hydrogen-bond acceptors (Lipinski definition) is 3. The molecule has 1 rings (SSSR count). The first-order valence-corrected chi connectivity index (χ1v) is 6.41. The molecular formula is C13H24O3. The minimum atomic E-state index is -0.503. The number of aliphatic hydroxyl groups excluding tert-OH is 1. The highest BCUT2D eigenvalue weighted by Gasteiger charge is 2.38. The predicted molar refractivity (Wildman–Crippen MR) is 62.9 cm³/mol. The minimum absolute atomic E-state index is 0.208. The van der Waals surface area contributed by atoms with Gasteiger partial charge in [-0.25, -0.2) is 0 Å². The van der Waals surface area contributed by atoms with Crippen LogP contribution in [-0.4, -0.2) is 23.8 Å². The maximum absolute atomic E-state index is 11.8. The van der Waals surface area contributed by atoms with Crippen molar-refractivity contribution >= 4 is 5.97 Å². The smallest absolute Gasteiger partial charge is 0.311 e. The van der Waals surface area contributed by atoms with Crippen LogP contribution in [-0.2, 0) is 9.53 Å². The van der Waals surface area contributed by atoms with Crippen LogP contribution in [0.2, 0.25) is 0 Å². The number of ether oxygens (including phenoxy) is 1. The Kier molecular flexibility index (Phi) is 5.26. The summed E-state index contributed by atoms with van der Waals surface area (Å²) in [6, 6.07) is 0. The molecule has 0 aromatic carbocycles. The van der Waals surface area contributed by atoms with E-state index in [9.17, 15) is 9.90 Å². The van der Waals surface area contributed by atoms with Crippen molar-refractivity contribution in [3.05, 3.63) is 0 Å². The summed E-state index contributed by atoms with van der Waals surface area (Å²) in [6.07, 6.45) is 3.29. The van der Waals surface area contributed by atoms with Gasteiger partial charge in [0.1, 0.15) is 0 Å². The molecule has 0 heterocycles. The largest absolute Gasteiger partial charge is 0.466 e. The van der Waals surface area contributed by atoms with Gasteiger partial charge in [0.2, 0.25) is 0 Å². The molecule has 0 unspecified atom stereocenters. The van der Waals surface area contributed by atoms with E-state index < -0.39 is 6.10 Å². The SMILES string of the molecule is CCOC(=O)[C@H]1[C@@H](CC(C)C)CCC[C@H]1O. The monoisotopic (exact) mass is 228 g/mol. The fourth-order valence-electron chi connectivity index (χ4n) is 2.72. The first-order valence-electron chi connectivity index (χ1n) is 6.41. The van der Waals surface area contributed by atoms with Gasteiger partial charge in [-0.15, -0.1) is 0 Å². The van der Waals surface area contributed by atoms with Crippen molar-refractivity contribution in [3.8, 4) is 0 Å². The summed E-state index contributed by atoms with van der Waals surface area (Å²) in [7, 11) is 0. The van der Waals surface area contributed by atoms with E-state index in [1.54, 1.807) is 0 Å². The molecular weight excluding hydrogens is 204 g/mol. The van der Waals surface area contributed by atoms with Crippen LogP contribution >= 0.6 is 0 Å². The topological polar surface area (TPSA) is 46.5 Å². The lowest BCUT2D eigenvalue weighted by atomic mass is 9.74. The molecule has 3 heteroatoms. The molecule has 1 aliphatic carbocycles. The fraction of sp³-hybridized carbons (Fsp3) is 0.923. The summed E-state index contributed by atoms with van der Waals surface area (Å²) >= 11 is 0. The lowest BCUT2D eigenvalue weighted by molar-refractivity contribution is -0.157. The van der Waals surface area contributed by atoms with Crippen molar-refractivity contribution in [2.24, 2.45) is 17.8 Å². The molecule has 0 spiro atoms. The van der Waals surface area contributed by atoms with Gasteiger partial charge in [0.25, 0.3) is 0 Å². The average molecular weight is 228 g/mol. The number of rotatable bonds is 4. The molecule has 94 valence electrons. The summed E-state index contributed by atoms with van der Waals surface area (Å²) in [4.78, 5) is 11.8. The van der Waals surface area contributed by atoms with E-state index >= 15 is 0 Å². The molecule has 1 fully saturated rings. The number of esters is 1. The Balaban J connectivity index is 2.67. The van der Waals surface area contributed by atoms with Gasteiger partial charge in [0.15, 0.2) is 0 Å². The van der Waals surface area contributed by atoms with Crippen LogP contribution < -0.4 is 0 Å². The highest BCUT2D eigenvalue weighted by atomic mass is 16.5. The molecule has 0 bridgehead atoms. The number of carbonyl (C=O) groups is 1. The zero-order valence-corrected chi connectivity index (χ0v) is 10.6. The molecule has 0 aliphatic heterocycles. The normalized spacial score (nSPS) is 30.4. The highest BCUT2D eigenvalue weighted by Crippen LogP contribution is 2.35. The molecule has 3 nitrogen and oxygen atoms in total. The van der Waals surface area contributed by atoms with Crippen molar-refractivity contribution in [1.29, 1.82) is 0 Å². The van der Waals surface area contributed by atoms with E-state index in [1.807, 2.05) is 6.92 Å². The highest BCUT2D eigenvalue weighted by molar-refractivity contribution is 5.73. The van der Waals surface area contributed by atoms with E-state index in [4.69, 9.17) is 4.74 Å². The maximum atomic E-state index is 11.8. The van der Waals surface area contributed by atoms with Gasteiger partial charge in [0, 0.05) is 0 Å². The van der Waals surface area contributed by atoms with Crippen LogP contribution in [0.25, 0.3) is 0 Å². The first-order chi connectivity index (χ1) is 7.56. The molecule has 16 heavy (non-hydrogen) atoms. The van der Waals surface area contributed by atoms with Crippen molar-refractivity contribution in [2.75, 3.05) is 6.61 Å². The Morgan fingerprint density at radius 1 is 1.44 bits per heavy atom. The third-order valence-electron chi connectivity index (χ3n) is 3.33. The van der Waals surface area contributed by atoms with Crippen molar-refractivity contribution in [2.45, 2.75) is 52.6 Å². The van der Waals surface area contributed by atoms with Crippen molar-refractivity contribution in [1.82, 2.24) is 0 Å². The third-order valence-corrected chi connectivity index (χ3v) is 3.33. The Labute approximate surface area is 98.2 Å². The van der Waals surface area contributed by atoms with Gasteiger partial charge < -0.3 is 9.84 Å². The van der Waals surface area contributed by atoms with Gasteiger partial charge >= 0.3 is 5.97 Å². The van der Waals surface area contributed by atoms with Crippen LogP contribution in [0.3, 0.4) is 0 Å². The maximum Gasteiger partial charge on any atom is 0.311 e. The first kappa shape index (κ1) is 13.5. The van der Waals surface area contributed by atoms with Gasteiger partial charge in [-0.2, -0.15) is 0 Å². The molecule has 0 radical (unpaired) electrons. The Morgan fingerprint density at radius 3 is 2.69 bits per heavy atom.